The zero-order chi connectivity index (χ0) is 18.7. The number of carbonyl (C=O) groups excluding carboxylic acids is 1. The van der Waals surface area contributed by atoms with E-state index in [0.717, 1.165) is 30.2 Å². The van der Waals surface area contributed by atoms with Gasteiger partial charge in [-0.05, 0) is 36.6 Å². The van der Waals surface area contributed by atoms with Gasteiger partial charge in [0.25, 0.3) is 0 Å². The molecule has 3 rings (SSSR count). The minimum Gasteiger partial charge on any atom is -0.375 e. The summed E-state index contributed by atoms with van der Waals surface area (Å²) >= 11 is 0. The van der Waals surface area contributed by atoms with E-state index in [-0.39, 0.29) is 18.1 Å². The summed E-state index contributed by atoms with van der Waals surface area (Å²) in [7, 11) is -4.75. The number of aryl methyl sites for hydroxylation is 1. The van der Waals surface area contributed by atoms with Gasteiger partial charge < -0.3 is 10.2 Å². The number of nitrogens with zero attached hydrogens (tertiary/aromatic N) is 1. The zero-order valence-electron chi connectivity index (χ0n) is 13.9. The number of sulfone groups is 1. The molecule has 0 spiro atoms. The van der Waals surface area contributed by atoms with Gasteiger partial charge in [0, 0.05) is 12.2 Å². The largest absolute Gasteiger partial charge is 0.375 e. The molecule has 8 heteroatoms. The van der Waals surface area contributed by atoms with Gasteiger partial charge in [0.15, 0.2) is 0 Å². The van der Waals surface area contributed by atoms with E-state index < -0.39 is 20.5 Å². The maximum absolute atomic E-state index is 12.8. The predicted molar refractivity (Wildman–Crippen MR) is 95.2 cm³/mol. The molecule has 26 heavy (non-hydrogen) atoms. The zero-order valence-corrected chi connectivity index (χ0v) is 14.7. The average Bonchev–Trinajstić information content (AvgIpc) is 2.65. The molecular weight excluding hydrogens is 362 g/mol. The monoisotopic (exact) mass is 380 g/mol. The van der Waals surface area contributed by atoms with Crippen LogP contribution in [0.15, 0.2) is 53.4 Å². The van der Waals surface area contributed by atoms with E-state index in [9.17, 15) is 22.0 Å². The number of halogens is 2. The molecule has 5 nitrogen and oxygen atoms in total. The molecule has 1 N–H and O–H groups in total. The average molecular weight is 380 g/mol. The number of hydrogen-bond donors (Lipinski definition) is 1. The molecule has 0 atom stereocenters. The van der Waals surface area contributed by atoms with Crippen LogP contribution < -0.4 is 10.2 Å². The molecule has 2 aromatic carbocycles. The van der Waals surface area contributed by atoms with E-state index in [4.69, 9.17) is 0 Å². The summed E-state index contributed by atoms with van der Waals surface area (Å²) in [5, 5.41) is 2.70. The molecule has 0 radical (unpaired) electrons. The fourth-order valence-corrected chi connectivity index (χ4v) is 3.92. The number of alkyl halides is 2. The number of rotatable bonds is 5. The van der Waals surface area contributed by atoms with Gasteiger partial charge in [0.2, 0.25) is 15.7 Å². The first kappa shape index (κ1) is 18.3. The molecule has 0 saturated carbocycles. The number of carbonyl (C=O) groups is 1. The maximum atomic E-state index is 12.8. The highest BCUT2D eigenvalue weighted by Gasteiger charge is 2.29. The highest BCUT2D eigenvalue weighted by Crippen LogP contribution is 2.28. The second-order valence-electron chi connectivity index (χ2n) is 5.93. The van der Waals surface area contributed by atoms with E-state index in [1.54, 1.807) is 4.90 Å². The summed E-state index contributed by atoms with van der Waals surface area (Å²) in [5.41, 5.74) is 1.90. The summed E-state index contributed by atoms with van der Waals surface area (Å²) in [5.74, 6) is -3.77. The van der Waals surface area contributed by atoms with Crippen LogP contribution in [0.3, 0.4) is 0 Å². The summed E-state index contributed by atoms with van der Waals surface area (Å²) < 4.78 is 49.2. The van der Waals surface area contributed by atoms with E-state index >= 15 is 0 Å². The van der Waals surface area contributed by atoms with Crippen molar-refractivity contribution in [1.82, 2.24) is 0 Å². The number of nitrogens with one attached hydrogen (secondary N) is 1. The third-order valence-corrected chi connectivity index (χ3v) is 5.71. The molecule has 0 saturated heterocycles. The van der Waals surface area contributed by atoms with Crippen LogP contribution in [0.25, 0.3) is 0 Å². The number of para-hydroxylation sites is 2. The Morgan fingerprint density at radius 2 is 1.81 bits per heavy atom. The van der Waals surface area contributed by atoms with Crippen LogP contribution in [-0.4, -0.2) is 33.2 Å². The summed E-state index contributed by atoms with van der Waals surface area (Å²) in [4.78, 5) is 13.7. The molecule has 0 aromatic heterocycles. The van der Waals surface area contributed by atoms with Crippen LogP contribution in [0.1, 0.15) is 12.0 Å². The molecule has 0 aliphatic carbocycles. The predicted octanol–water partition coefficient (Wildman–Crippen LogP) is 3.07. The first-order valence-electron chi connectivity index (χ1n) is 8.14. The van der Waals surface area contributed by atoms with Crippen molar-refractivity contribution in [2.45, 2.75) is 23.5 Å². The Morgan fingerprint density at radius 3 is 2.58 bits per heavy atom. The van der Waals surface area contributed by atoms with Crippen molar-refractivity contribution in [2.24, 2.45) is 0 Å². The lowest BCUT2D eigenvalue weighted by atomic mass is 10.0. The lowest BCUT2D eigenvalue weighted by Crippen LogP contribution is -2.39. The Bertz CT molecular complexity index is 916. The minimum atomic E-state index is -4.75. The summed E-state index contributed by atoms with van der Waals surface area (Å²) in [6, 6.07) is 12.9. The van der Waals surface area contributed by atoms with Gasteiger partial charge in [-0.1, -0.05) is 30.3 Å². The Kier molecular flexibility index (Phi) is 5.22. The summed E-state index contributed by atoms with van der Waals surface area (Å²) in [6.07, 6.45) is 1.72. The molecular formula is C18H18F2N2O3S. The molecule has 1 aliphatic heterocycles. The van der Waals surface area contributed by atoms with Gasteiger partial charge in [-0.25, -0.2) is 8.42 Å². The Morgan fingerprint density at radius 1 is 1.12 bits per heavy atom. The van der Waals surface area contributed by atoms with Gasteiger partial charge in [0.05, 0.1) is 17.1 Å². The normalized spacial score (nSPS) is 14.2. The lowest BCUT2D eigenvalue weighted by molar-refractivity contribution is -0.117. The van der Waals surface area contributed by atoms with Crippen molar-refractivity contribution in [3.63, 3.8) is 0 Å². The Balaban J connectivity index is 1.78. The van der Waals surface area contributed by atoms with Crippen LogP contribution in [0, 0.1) is 0 Å². The van der Waals surface area contributed by atoms with Gasteiger partial charge >= 0.3 is 5.76 Å². The fourth-order valence-electron chi connectivity index (χ4n) is 3.02. The molecule has 1 aliphatic rings. The first-order valence-corrected chi connectivity index (χ1v) is 9.69. The van der Waals surface area contributed by atoms with Crippen LogP contribution in [-0.2, 0) is 21.1 Å². The lowest BCUT2D eigenvalue weighted by Gasteiger charge is -2.29. The highest BCUT2D eigenvalue weighted by molar-refractivity contribution is 7.91. The standard InChI is InChI=1S/C18H18F2N2O3S/c19-18(20)26(24,25)16-10-4-2-8-14(16)21-12-17(23)22-11-5-7-13-6-1-3-9-15(13)22/h1-4,6,8-10,18,21H,5,7,11-12H2. The quantitative estimate of drug-likeness (QED) is 0.866. The third kappa shape index (κ3) is 3.55. The minimum absolute atomic E-state index is 0.00792. The molecule has 0 unspecified atom stereocenters. The van der Waals surface area contributed by atoms with E-state index in [1.165, 1.54) is 18.2 Å². The number of fused-ring (bicyclic) bond motifs is 1. The van der Waals surface area contributed by atoms with Gasteiger partial charge in [-0.2, -0.15) is 8.78 Å². The number of hydrogen-bond acceptors (Lipinski definition) is 4. The van der Waals surface area contributed by atoms with Crippen molar-refractivity contribution < 1.29 is 22.0 Å². The second kappa shape index (κ2) is 7.41. The van der Waals surface area contributed by atoms with Crippen molar-refractivity contribution in [3.8, 4) is 0 Å². The molecule has 1 amide bonds. The maximum Gasteiger partial charge on any atom is 0.341 e. The molecule has 0 fully saturated rings. The van der Waals surface area contributed by atoms with Gasteiger partial charge in [-0.15, -0.1) is 0 Å². The van der Waals surface area contributed by atoms with Crippen LogP contribution in [0.2, 0.25) is 0 Å². The Labute approximate surface area is 150 Å². The fraction of sp³-hybridized carbons (Fsp3) is 0.278. The third-order valence-electron chi connectivity index (χ3n) is 4.27. The smallest absolute Gasteiger partial charge is 0.341 e. The Hall–Kier alpha value is -2.48. The molecule has 2 aromatic rings. The SMILES string of the molecule is O=C(CNc1ccccc1S(=O)(=O)C(F)F)N1CCCc2ccccc21. The van der Waals surface area contributed by atoms with Gasteiger partial charge in [-0.3, -0.25) is 4.79 Å². The van der Waals surface area contributed by atoms with Crippen LogP contribution >= 0.6 is 0 Å². The topological polar surface area (TPSA) is 66.5 Å². The van der Waals surface area contributed by atoms with Crippen molar-refractivity contribution in [1.29, 1.82) is 0 Å². The molecule has 0 bridgehead atoms. The first-order chi connectivity index (χ1) is 12.4. The summed E-state index contributed by atoms with van der Waals surface area (Å²) in [6.45, 7) is 0.374. The molecule has 138 valence electrons. The number of amides is 1. The highest BCUT2D eigenvalue weighted by atomic mass is 32.2. The van der Waals surface area contributed by atoms with E-state index in [1.807, 2.05) is 24.3 Å². The van der Waals surface area contributed by atoms with E-state index in [2.05, 4.69) is 5.32 Å². The van der Waals surface area contributed by atoms with Gasteiger partial charge in [0.1, 0.15) is 0 Å². The van der Waals surface area contributed by atoms with Crippen LogP contribution in [0.4, 0.5) is 20.2 Å². The number of anilines is 2. The van der Waals surface area contributed by atoms with Crippen molar-refractivity contribution in [3.05, 3.63) is 54.1 Å². The van der Waals surface area contributed by atoms with Crippen molar-refractivity contribution in [2.75, 3.05) is 23.3 Å². The number of benzene rings is 2. The van der Waals surface area contributed by atoms with E-state index in [0.29, 0.717) is 6.54 Å². The second-order valence-corrected chi connectivity index (χ2v) is 7.82. The van der Waals surface area contributed by atoms with Crippen molar-refractivity contribution >= 4 is 27.1 Å². The van der Waals surface area contributed by atoms with Crippen LogP contribution in [0.5, 0.6) is 0 Å². The molecule has 1 heterocycles.